The van der Waals surface area contributed by atoms with Crippen molar-refractivity contribution >= 4 is 48.9 Å². The maximum absolute atomic E-state index is 11.8. The molecule has 24 heavy (non-hydrogen) atoms. The number of unbranched alkanes of at least 4 members (excludes halogenated alkanes) is 1. The molecule has 0 aliphatic carbocycles. The number of rotatable bonds is 13. The van der Waals surface area contributed by atoms with Crippen LogP contribution in [0.2, 0.25) is 0 Å². The second-order valence-corrected chi connectivity index (χ2v) is 6.53. The fraction of sp³-hybridized carbons (Fsp3) is 0.714. The second kappa shape index (κ2) is 12.2. The number of carboxylic acids is 2. The number of Topliss-reactive ketones (excluding diaryl/α,β-unsaturated/α-hetero) is 1. The Hall–Kier alpha value is -1.26. The quantitative estimate of drug-likeness (QED) is 0.151. The number of carboxylic acid groups (broad SMARTS) is 2. The van der Waals surface area contributed by atoms with Gasteiger partial charge >= 0.3 is 11.9 Å². The van der Waals surface area contributed by atoms with Crippen LogP contribution in [-0.4, -0.2) is 56.9 Å². The van der Waals surface area contributed by atoms with Gasteiger partial charge in [0.05, 0.1) is 12.5 Å². The zero-order valence-corrected chi connectivity index (χ0v) is 15.0. The summed E-state index contributed by atoms with van der Waals surface area (Å²) >= 11 is 8.46. The SMILES string of the molecule is NC(CC(=O)O)C(=O)C(NC(=O)CCCCC(S)CCS)C(=O)O. The van der Waals surface area contributed by atoms with Gasteiger partial charge in [0, 0.05) is 11.7 Å². The van der Waals surface area contributed by atoms with Gasteiger partial charge in [0.2, 0.25) is 5.91 Å². The van der Waals surface area contributed by atoms with Crippen molar-refractivity contribution in [2.45, 2.75) is 55.9 Å². The third kappa shape index (κ3) is 9.78. The van der Waals surface area contributed by atoms with E-state index < -0.39 is 42.1 Å². The summed E-state index contributed by atoms with van der Waals surface area (Å²) in [5, 5.41) is 19.9. The maximum atomic E-state index is 11.8. The molecule has 10 heteroatoms. The van der Waals surface area contributed by atoms with E-state index in [-0.39, 0.29) is 11.7 Å². The van der Waals surface area contributed by atoms with Crippen LogP contribution in [0.4, 0.5) is 0 Å². The highest BCUT2D eigenvalue weighted by Crippen LogP contribution is 2.12. The molecule has 0 saturated carbocycles. The van der Waals surface area contributed by atoms with Gasteiger partial charge in [0.25, 0.3) is 0 Å². The van der Waals surface area contributed by atoms with Gasteiger partial charge in [-0.2, -0.15) is 25.3 Å². The molecule has 0 aliphatic rings. The molecule has 5 N–H and O–H groups in total. The summed E-state index contributed by atoms with van der Waals surface area (Å²) in [6.07, 6.45) is 2.29. The van der Waals surface area contributed by atoms with Gasteiger partial charge in [0.15, 0.2) is 11.8 Å². The van der Waals surface area contributed by atoms with Crippen LogP contribution in [-0.2, 0) is 19.2 Å². The van der Waals surface area contributed by atoms with E-state index in [1.165, 1.54) is 0 Å². The minimum atomic E-state index is -1.84. The number of carbonyl (C=O) groups excluding carboxylic acids is 2. The highest BCUT2D eigenvalue weighted by Gasteiger charge is 2.32. The number of aliphatic carboxylic acids is 2. The molecule has 0 fully saturated rings. The first-order valence-corrected chi connectivity index (χ1v) is 8.66. The Kier molecular flexibility index (Phi) is 11.5. The Balaban J connectivity index is 4.36. The molecule has 0 aromatic rings. The molecule has 0 spiro atoms. The summed E-state index contributed by atoms with van der Waals surface area (Å²) < 4.78 is 0. The molecule has 138 valence electrons. The molecule has 0 saturated heterocycles. The topological polar surface area (TPSA) is 147 Å². The zero-order valence-electron chi connectivity index (χ0n) is 13.2. The van der Waals surface area contributed by atoms with Crippen LogP contribution in [0, 0.1) is 0 Å². The minimum absolute atomic E-state index is 0.0621. The van der Waals surface area contributed by atoms with Gasteiger partial charge in [-0.15, -0.1) is 0 Å². The number of carbonyl (C=O) groups is 4. The molecule has 0 aromatic carbocycles. The van der Waals surface area contributed by atoms with Crippen LogP contribution in [0.25, 0.3) is 0 Å². The summed E-state index contributed by atoms with van der Waals surface area (Å²) in [5.41, 5.74) is 5.36. The van der Waals surface area contributed by atoms with Crippen LogP contribution in [0.1, 0.15) is 38.5 Å². The van der Waals surface area contributed by atoms with Crippen LogP contribution in [0.5, 0.6) is 0 Å². The first-order valence-electron chi connectivity index (χ1n) is 7.51. The van der Waals surface area contributed by atoms with E-state index in [0.29, 0.717) is 6.42 Å². The Morgan fingerprint density at radius 3 is 2.21 bits per heavy atom. The Morgan fingerprint density at radius 1 is 1.08 bits per heavy atom. The number of hydrogen-bond acceptors (Lipinski definition) is 7. The number of amides is 1. The van der Waals surface area contributed by atoms with Crippen LogP contribution >= 0.6 is 25.3 Å². The van der Waals surface area contributed by atoms with Gasteiger partial charge in [0.1, 0.15) is 0 Å². The molecule has 0 radical (unpaired) electrons. The zero-order chi connectivity index (χ0) is 18.7. The van der Waals surface area contributed by atoms with Crippen molar-refractivity contribution in [2.24, 2.45) is 5.73 Å². The standard InChI is InChI=1S/C14H24N2O6S2/c15-9(7-11(18)19)13(20)12(14(21)22)16-10(17)4-2-1-3-8(24)5-6-23/h8-9,12,23-24H,1-7,15H2,(H,16,17)(H,18,19)(H,21,22). The van der Waals surface area contributed by atoms with Gasteiger partial charge in [-0.25, -0.2) is 4.79 Å². The molecule has 0 rings (SSSR count). The van der Waals surface area contributed by atoms with Crippen molar-refractivity contribution in [3.8, 4) is 0 Å². The van der Waals surface area contributed by atoms with Crippen LogP contribution in [0.3, 0.4) is 0 Å². The summed E-state index contributed by atoms with van der Waals surface area (Å²) in [6, 6.07) is -3.33. The van der Waals surface area contributed by atoms with Crippen molar-refractivity contribution in [1.29, 1.82) is 0 Å². The highest BCUT2D eigenvalue weighted by molar-refractivity contribution is 7.81. The van der Waals surface area contributed by atoms with Crippen molar-refractivity contribution < 1.29 is 29.4 Å². The smallest absolute Gasteiger partial charge is 0.334 e. The van der Waals surface area contributed by atoms with Crippen LogP contribution < -0.4 is 11.1 Å². The van der Waals surface area contributed by atoms with Crippen molar-refractivity contribution in [3.63, 3.8) is 0 Å². The molecule has 1 amide bonds. The van der Waals surface area contributed by atoms with E-state index >= 15 is 0 Å². The fourth-order valence-electron chi connectivity index (χ4n) is 1.95. The van der Waals surface area contributed by atoms with E-state index in [4.69, 9.17) is 15.9 Å². The average Bonchev–Trinajstić information content (AvgIpc) is 2.47. The van der Waals surface area contributed by atoms with Crippen LogP contribution in [0.15, 0.2) is 0 Å². The summed E-state index contributed by atoms with van der Waals surface area (Å²) in [5.74, 6) is -3.80. The third-order valence-electron chi connectivity index (χ3n) is 3.25. The molecular weight excluding hydrogens is 356 g/mol. The fourth-order valence-corrected chi connectivity index (χ4v) is 2.78. The predicted octanol–water partition coefficient (Wildman–Crippen LogP) is 0.106. The summed E-state index contributed by atoms with van der Waals surface area (Å²) in [7, 11) is 0. The minimum Gasteiger partial charge on any atom is -0.481 e. The van der Waals surface area contributed by atoms with Crippen molar-refractivity contribution in [2.75, 3.05) is 5.75 Å². The molecule has 0 aromatic heterocycles. The second-order valence-electron chi connectivity index (χ2n) is 5.36. The lowest BCUT2D eigenvalue weighted by Gasteiger charge is -2.17. The third-order valence-corrected chi connectivity index (χ3v) is 4.02. The maximum Gasteiger partial charge on any atom is 0.334 e. The number of thiol groups is 2. The largest absolute Gasteiger partial charge is 0.481 e. The molecule has 8 nitrogen and oxygen atoms in total. The first-order chi connectivity index (χ1) is 11.2. The van der Waals surface area contributed by atoms with Gasteiger partial charge in [-0.1, -0.05) is 6.42 Å². The highest BCUT2D eigenvalue weighted by atomic mass is 32.1. The lowest BCUT2D eigenvalue weighted by atomic mass is 10.0. The lowest BCUT2D eigenvalue weighted by Crippen LogP contribution is -2.52. The number of hydrogen-bond donors (Lipinski definition) is 6. The molecule has 3 atom stereocenters. The van der Waals surface area contributed by atoms with E-state index in [1.54, 1.807) is 0 Å². The molecular formula is C14H24N2O6S2. The Bertz CT molecular complexity index is 461. The predicted molar refractivity (Wildman–Crippen MR) is 94.5 cm³/mol. The molecule has 0 bridgehead atoms. The summed E-state index contributed by atoms with van der Waals surface area (Å²) in [4.78, 5) is 45.2. The first kappa shape index (κ1) is 22.7. The van der Waals surface area contributed by atoms with Gasteiger partial charge in [-0.3, -0.25) is 14.4 Å². The van der Waals surface area contributed by atoms with E-state index in [1.807, 2.05) is 0 Å². The monoisotopic (exact) mass is 380 g/mol. The Labute approximate surface area is 151 Å². The number of ketones is 1. The molecule has 0 heterocycles. The normalized spacial score (nSPS) is 14.5. The average molecular weight is 380 g/mol. The number of nitrogens with two attached hydrogens (primary N) is 1. The molecule has 3 unspecified atom stereocenters. The van der Waals surface area contributed by atoms with Gasteiger partial charge < -0.3 is 21.3 Å². The summed E-state index contributed by atoms with van der Waals surface area (Å²) in [6.45, 7) is 0. The number of nitrogens with one attached hydrogen (secondary N) is 1. The van der Waals surface area contributed by atoms with Crippen molar-refractivity contribution in [1.82, 2.24) is 5.32 Å². The lowest BCUT2D eigenvalue weighted by molar-refractivity contribution is -0.147. The Morgan fingerprint density at radius 2 is 1.71 bits per heavy atom. The molecule has 0 aliphatic heterocycles. The van der Waals surface area contributed by atoms with Crippen molar-refractivity contribution in [3.05, 3.63) is 0 Å². The van der Waals surface area contributed by atoms with Gasteiger partial charge in [-0.05, 0) is 25.0 Å². The van der Waals surface area contributed by atoms with E-state index in [0.717, 1.165) is 25.0 Å². The van der Waals surface area contributed by atoms with E-state index in [9.17, 15) is 19.2 Å². The van der Waals surface area contributed by atoms with E-state index in [2.05, 4.69) is 30.6 Å².